The largest absolute Gasteiger partial charge is 0.457 e. The minimum Gasteiger partial charge on any atom is -0.457 e. The van der Waals surface area contributed by atoms with E-state index in [1.165, 1.54) is 17.7 Å². The molecule has 2 aromatic heterocycles. The second kappa shape index (κ2) is 10.1. The molecule has 1 saturated heterocycles. The maximum atomic E-state index is 14.1. The van der Waals surface area contributed by atoms with E-state index in [0.29, 0.717) is 5.11 Å². The van der Waals surface area contributed by atoms with E-state index < -0.39 is 0 Å². The van der Waals surface area contributed by atoms with Crippen LogP contribution in [0.2, 0.25) is 0 Å². The number of benzene rings is 3. The summed E-state index contributed by atoms with van der Waals surface area (Å²) < 4.78 is 22.2. The molecule has 5 nitrogen and oxygen atoms in total. The molecule has 0 amide bonds. The van der Waals surface area contributed by atoms with Crippen molar-refractivity contribution in [2.24, 2.45) is 0 Å². The lowest BCUT2D eigenvalue weighted by atomic mass is 10.0. The van der Waals surface area contributed by atoms with E-state index in [2.05, 4.69) is 15.2 Å². The van der Waals surface area contributed by atoms with Crippen molar-refractivity contribution in [3.63, 3.8) is 0 Å². The minimum atomic E-state index is -0.287. The van der Waals surface area contributed by atoms with Gasteiger partial charge in [-0.05, 0) is 98.0 Å². The Kier molecular flexibility index (Phi) is 6.35. The van der Waals surface area contributed by atoms with Gasteiger partial charge in [-0.2, -0.15) is 0 Å². The number of anilines is 1. The van der Waals surface area contributed by atoms with Crippen molar-refractivity contribution in [1.82, 2.24) is 14.9 Å². The van der Waals surface area contributed by atoms with E-state index in [1.807, 2.05) is 103 Å². The maximum absolute atomic E-state index is 14.1. The predicted octanol–water partition coefficient (Wildman–Crippen LogP) is 7.29. The molecular weight excluding hydrogens is 495 g/mol. The fourth-order valence-corrected chi connectivity index (χ4v) is 5.19. The first-order chi connectivity index (χ1) is 18.6. The van der Waals surface area contributed by atoms with Crippen LogP contribution in [0.3, 0.4) is 0 Å². The zero-order chi connectivity index (χ0) is 26.1. The molecule has 0 bridgehead atoms. The fourth-order valence-electron chi connectivity index (χ4n) is 4.85. The van der Waals surface area contributed by atoms with Gasteiger partial charge in [-0.15, -0.1) is 0 Å². The molecule has 1 aliphatic rings. The summed E-state index contributed by atoms with van der Waals surface area (Å²) in [4.78, 5) is 6.72. The lowest BCUT2D eigenvalue weighted by Crippen LogP contribution is -2.30. The first kappa shape index (κ1) is 23.9. The molecule has 1 N–H and O–H groups in total. The van der Waals surface area contributed by atoms with Crippen LogP contribution in [0.1, 0.15) is 29.0 Å². The Morgan fingerprint density at radius 3 is 2.32 bits per heavy atom. The number of thiocarbonyl (C=S) groups is 1. The van der Waals surface area contributed by atoms with Crippen molar-refractivity contribution in [3.05, 3.63) is 138 Å². The summed E-state index contributed by atoms with van der Waals surface area (Å²) in [6, 6.07) is 31.8. The fraction of sp³-hybridized carbons (Fsp3) is 0.0968. The standard InChI is InChI=1S/C31H25FN4OS/c1-21-10-14-25(15-11-21)37-26-16-12-23(13-17-26)36-30(29(34-31(36)38)27-8-2-3-18-33-27)28-9-5-19-35(28)24-7-4-6-22(32)20-24/h2-20,29-30H,1H3,(H,34,38). The highest BCUT2D eigenvalue weighted by atomic mass is 32.1. The molecule has 5 aromatic rings. The Morgan fingerprint density at radius 1 is 0.842 bits per heavy atom. The molecule has 188 valence electrons. The first-order valence-corrected chi connectivity index (χ1v) is 12.8. The van der Waals surface area contributed by atoms with Gasteiger partial charge >= 0.3 is 0 Å². The summed E-state index contributed by atoms with van der Waals surface area (Å²) >= 11 is 5.87. The molecule has 7 heteroatoms. The highest BCUT2D eigenvalue weighted by molar-refractivity contribution is 7.80. The van der Waals surface area contributed by atoms with Gasteiger partial charge in [0.15, 0.2) is 5.11 Å². The summed E-state index contributed by atoms with van der Waals surface area (Å²) in [5, 5.41) is 4.07. The molecule has 2 unspecified atom stereocenters. The number of ether oxygens (including phenoxy) is 1. The molecule has 6 rings (SSSR count). The predicted molar refractivity (Wildman–Crippen MR) is 151 cm³/mol. The highest BCUT2D eigenvalue weighted by Crippen LogP contribution is 2.42. The number of aromatic nitrogens is 2. The lowest BCUT2D eigenvalue weighted by molar-refractivity contribution is 0.482. The van der Waals surface area contributed by atoms with E-state index in [-0.39, 0.29) is 17.9 Å². The summed E-state index contributed by atoms with van der Waals surface area (Å²) in [6.07, 6.45) is 3.72. The van der Waals surface area contributed by atoms with E-state index in [9.17, 15) is 4.39 Å². The molecule has 0 spiro atoms. The number of halogens is 1. The minimum absolute atomic E-state index is 0.214. The first-order valence-electron chi connectivity index (χ1n) is 12.4. The summed E-state index contributed by atoms with van der Waals surface area (Å²) in [7, 11) is 0. The number of hydrogen-bond donors (Lipinski definition) is 1. The average Bonchev–Trinajstić information content (AvgIpc) is 3.55. The molecule has 0 radical (unpaired) electrons. The Bertz CT molecular complexity index is 1570. The normalized spacial score (nSPS) is 16.9. The van der Waals surface area contributed by atoms with Crippen molar-refractivity contribution >= 4 is 23.0 Å². The molecule has 3 heterocycles. The molecule has 1 aliphatic heterocycles. The lowest BCUT2D eigenvalue weighted by Gasteiger charge is -2.29. The summed E-state index contributed by atoms with van der Waals surface area (Å²) in [6.45, 7) is 2.05. The Balaban J connectivity index is 1.39. The van der Waals surface area contributed by atoms with Crippen molar-refractivity contribution in [1.29, 1.82) is 0 Å². The number of pyridine rings is 1. The molecule has 0 saturated carbocycles. The SMILES string of the molecule is Cc1ccc(Oc2ccc(N3C(=S)NC(c4ccccn4)C3c3cccn3-c3cccc(F)c3)cc2)cc1. The van der Waals surface area contributed by atoms with Crippen LogP contribution < -0.4 is 15.0 Å². The topological polar surface area (TPSA) is 42.3 Å². The van der Waals surface area contributed by atoms with E-state index in [4.69, 9.17) is 17.0 Å². The van der Waals surface area contributed by atoms with Gasteiger partial charge in [0.1, 0.15) is 23.4 Å². The smallest absolute Gasteiger partial charge is 0.174 e. The van der Waals surface area contributed by atoms with Gasteiger partial charge in [0, 0.05) is 29.5 Å². The van der Waals surface area contributed by atoms with Gasteiger partial charge in [0.25, 0.3) is 0 Å². The van der Waals surface area contributed by atoms with Crippen LogP contribution in [-0.2, 0) is 0 Å². The van der Waals surface area contributed by atoms with Gasteiger partial charge in [-0.25, -0.2) is 4.39 Å². The van der Waals surface area contributed by atoms with Gasteiger partial charge in [0.05, 0.1) is 11.7 Å². The molecular formula is C31H25FN4OS. The molecule has 2 atom stereocenters. The van der Waals surface area contributed by atoms with Crippen molar-refractivity contribution in [2.75, 3.05) is 4.90 Å². The van der Waals surface area contributed by atoms with Crippen LogP contribution in [0.5, 0.6) is 11.5 Å². The van der Waals surface area contributed by atoms with Gasteiger partial charge < -0.3 is 19.5 Å². The zero-order valence-electron chi connectivity index (χ0n) is 20.7. The molecule has 38 heavy (non-hydrogen) atoms. The summed E-state index contributed by atoms with van der Waals surface area (Å²) in [5.74, 6) is 1.23. The monoisotopic (exact) mass is 520 g/mol. The number of rotatable bonds is 6. The number of nitrogens with zero attached hydrogens (tertiary/aromatic N) is 3. The Morgan fingerprint density at radius 2 is 1.61 bits per heavy atom. The average molecular weight is 521 g/mol. The highest BCUT2D eigenvalue weighted by Gasteiger charge is 2.42. The third-order valence-corrected chi connectivity index (χ3v) is 6.95. The van der Waals surface area contributed by atoms with Crippen molar-refractivity contribution in [2.45, 2.75) is 19.0 Å². The van der Waals surface area contributed by atoms with E-state index in [1.54, 1.807) is 12.3 Å². The molecule has 0 aliphatic carbocycles. The second-order valence-corrected chi connectivity index (χ2v) is 9.58. The van der Waals surface area contributed by atoms with Crippen molar-refractivity contribution in [3.8, 4) is 17.2 Å². The molecule has 1 fully saturated rings. The van der Waals surface area contributed by atoms with Gasteiger partial charge in [0.2, 0.25) is 0 Å². The van der Waals surface area contributed by atoms with Crippen LogP contribution in [0.4, 0.5) is 10.1 Å². The van der Waals surface area contributed by atoms with E-state index >= 15 is 0 Å². The van der Waals surface area contributed by atoms with Crippen LogP contribution in [0.15, 0.2) is 116 Å². The van der Waals surface area contributed by atoms with Gasteiger partial charge in [-0.3, -0.25) is 4.98 Å². The summed E-state index contributed by atoms with van der Waals surface area (Å²) in [5.41, 5.74) is 4.66. The van der Waals surface area contributed by atoms with Crippen LogP contribution in [0.25, 0.3) is 5.69 Å². The van der Waals surface area contributed by atoms with Crippen LogP contribution in [0, 0.1) is 12.7 Å². The maximum Gasteiger partial charge on any atom is 0.174 e. The van der Waals surface area contributed by atoms with Crippen LogP contribution >= 0.6 is 12.2 Å². The number of hydrogen-bond acceptors (Lipinski definition) is 3. The van der Waals surface area contributed by atoms with E-state index in [0.717, 1.165) is 34.3 Å². The zero-order valence-corrected chi connectivity index (χ0v) is 21.5. The Hall–Kier alpha value is -4.49. The third-order valence-electron chi connectivity index (χ3n) is 6.64. The third kappa shape index (κ3) is 4.64. The number of aryl methyl sites for hydroxylation is 1. The molecule has 3 aromatic carbocycles. The number of nitrogens with one attached hydrogen (secondary N) is 1. The Labute approximate surface area is 226 Å². The van der Waals surface area contributed by atoms with Crippen LogP contribution in [-0.4, -0.2) is 14.7 Å². The van der Waals surface area contributed by atoms with Crippen molar-refractivity contribution < 1.29 is 9.13 Å². The quantitative estimate of drug-likeness (QED) is 0.238. The van der Waals surface area contributed by atoms with Gasteiger partial charge in [-0.1, -0.05) is 29.8 Å². The second-order valence-electron chi connectivity index (χ2n) is 9.19.